The predicted molar refractivity (Wildman–Crippen MR) is 106 cm³/mol. The van der Waals surface area contributed by atoms with Crippen molar-refractivity contribution in [3.05, 3.63) is 35.6 Å². The molecule has 2 rings (SSSR count). The topological polar surface area (TPSA) is 49.2 Å². The molecule has 0 bridgehead atoms. The number of hydrogen-bond acceptors (Lipinski definition) is 5. The Morgan fingerprint density at radius 3 is 3.00 bits per heavy atom. The minimum atomic E-state index is -0.169. The number of allylic oxidation sites excluding steroid dienone is 4. The Morgan fingerprint density at radius 2 is 2.36 bits per heavy atom. The Bertz CT molecular complexity index is 595. The molecule has 0 aromatic rings. The predicted octanol–water partition coefficient (Wildman–Crippen LogP) is 4.01. The first-order valence-corrected chi connectivity index (χ1v) is 9.21. The molecule has 138 valence electrons. The first kappa shape index (κ1) is 19.6. The van der Waals surface area contributed by atoms with Crippen LogP contribution in [0.3, 0.4) is 0 Å². The maximum atomic E-state index is 5.61. The number of hydrogen-bond donors (Lipinski definition) is 1. The lowest BCUT2D eigenvalue weighted by Gasteiger charge is -2.26. The normalized spacial score (nSPS) is 26.1. The van der Waals surface area contributed by atoms with Gasteiger partial charge in [-0.05, 0) is 51.2 Å². The third-order valence-corrected chi connectivity index (χ3v) is 4.72. The standard InChI is InChI=1S/C20H32N4O/c1-6-8-18(11-17(4)16(3)7-2)12-21-19-13-22-24(14-19)15-20(5)9-10-23-25-20/h7,12-13,23H,4,6,8-11,14-15H2,1-3,5H3/b16-7-,18-12-,21-19-. The zero-order valence-corrected chi connectivity index (χ0v) is 16.1. The quantitative estimate of drug-likeness (QED) is 0.677. The summed E-state index contributed by atoms with van der Waals surface area (Å²) in [6.07, 6.45) is 10.0. The van der Waals surface area contributed by atoms with Crippen molar-refractivity contribution < 1.29 is 4.84 Å². The Balaban J connectivity index is 1.95. The minimum Gasteiger partial charge on any atom is -0.294 e. The van der Waals surface area contributed by atoms with Crippen LogP contribution in [0.1, 0.15) is 53.4 Å². The number of nitrogens with zero attached hydrogens (tertiary/aromatic N) is 3. The smallest absolute Gasteiger partial charge is 0.107 e. The van der Waals surface area contributed by atoms with Gasteiger partial charge in [-0.3, -0.25) is 14.8 Å². The summed E-state index contributed by atoms with van der Waals surface area (Å²) in [7, 11) is 0. The Kier molecular flexibility index (Phi) is 7.14. The van der Waals surface area contributed by atoms with Crippen molar-refractivity contribution in [2.24, 2.45) is 10.1 Å². The van der Waals surface area contributed by atoms with E-state index in [4.69, 9.17) is 4.84 Å². The van der Waals surface area contributed by atoms with Gasteiger partial charge in [0, 0.05) is 12.7 Å². The highest BCUT2D eigenvalue weighted by molar-refractivity contribution is 6.32. The van der Waals surface area contributed by atoms with Gasteiger partial charge >= 0.3 is 0 Å². The molecule has 2 aliphatic heterocycles. The van der Waals surface area contributed by atoms with Gasteiger partial charge in [-0.2, -0.15) is 5.10 Å². The summed E-state index contributed by atoms with van der Waals surface area (Å²) < 4.78 is 0. The number of hydroxylamine groups is 1. The van der Waals surface area contributed by atoms with Gasteiger partial charge in [0.15, 0.2) is 0 Å². The van der Waals surface area contributed by atoms with E-state index in [0.29, 0.717) is 0 Å². The van der Waals surface area contributed by atoms with Crippen LogP contribution in [0.25, 0.3) is 0 Å². The maximum absolute atomic E-state index is 5.61. The molecule has 5 heteroatoms. The maximum Gasteiger partial charge on any atom is 0.107 e. The average molecular weight is 345 g/mol. The Labute approximate surface area is 152 Å². The lowest BCUT2D eigenvalue weighted by Crippen LogP contribution is -2.38. The third-order valence-electron chi connectivity index (χ3n) is 4.72. The molecule has 0 amide bonds. The molecule has 2 aliphatic rings. The van der Waals surface area contributed by atoms with E-state index in [9.17, 15) is 0 Å². The van der Waals surface area contributed by atoms with Gasteiger partial charge in [0.2, 0.25) is 0 Å². The van der Waals surface area contributed by atoms with Crippen LogP contribution in [0, 0.1) is 0 Å². The molecule has 1 fully saturated rings. The molecule has 0 aromatic carbocycles. The van der Waals surface area contributed by atoms with Crippen molar-refractivity contribution >= 4 is 11.9 Å². The summed E-state index contributed by atoms with van der Waals surface area (Å²) in [5.41, 5.74) is 7.52. The second-order valence-electron chi connectivity index (χ2n) is 7.17. The molecule has 0 aliphatic carbocycles. The van der Waals surface area contributed by atoms with Gasteiger partial charge in [-0.15, -0.1) is 0 Å². The summed E-state index contributed by atoms with van der Waals surface area (Å²) in [5.74, 6) is 0. The van der Waals surface area contributed by atoms with Crippen LogP contribution in [0.15, 0.2) is 45.7 Å². The molecular weight excluding hydrogens is 312 g/mol. The molecule has 1 saturated heterocycles. The van der Waals surface area contributed by atoms with Gasteiger partial charge in [-0.1, -0.05) is 31.6 Å². The first-order valence-electron chi connectivity index (χ1n) is 9.21. The van der Waals surface area contributed by atoms with E-state index in [1.807, 2.05) is 17.4 Å². The molecule has 0 saturated carbocycles. The fourth-order valence-electron chi connectivity index (χ4n) is 2.99. The fraction of sp³-hybridized carbons (Fsp3) is 0.600. The Hall–Kier alpha value is -1.72. The van der Waals surface area contributed by atoms with Gasteiger partial charge in [0.25, 0.3) is 0 Å². The van der Waals surface area contributed by atoms with E-state index in [0.717, 1.165) is 51.0 Å². The number of rotatable bonds is 8. The molecule has 1 N–H and O–H groups in total. The average Bonchev–Trinajstić information content (AvgIpc) is 3.21. The van der Waals surface area contributed by atoms with E-state index < -0.39 is 0 Å². The van der Waals surface area contributed by atoms with Gasteiger partial charge < -0.3 is 0 Å². The van der Waals surface area contributed by atoms with Gasteiger partial charge in [0.05, 0.1) is 25.0 Å². The fourth-order valence-corrected chi connectivity index (χ4v) is 2.99. The monoisotopic (exact) mass is 344 g/mol. The van der Waals surface area contributed by atoms with Crippen molar-refractivity contribution in [2.75, 3.05) is 19.6 Å². The van der Waals surface area contributed by atoms with E-state index >= 15 is 0 Å². The summed E-state index contributed by atoms with van der Waals surface area (Å²) in [6, 6.07) is 0. The first-order chi connectivity index (χ1) is 12.0. The molecule has 5 nitrogen and oxygen atoms in total. The van der Waals surface area contributed by atoms with Crippen LogP contribution < -0.4 is 5.48 Å². The van der Waals surface area contributed by atoms with Crippen molar-refractivity contribution in [3.63, 3.8) is 0 Å². The molecule has 2 heterocycles. The van der Waals surface area contributed by atoms with E-state index in [1.165, 1.54) is 16.7 Å². The molecule has 0 radical (unpaired) electrons. The lowest BCUT2D eigenvalue weighted by atomic mass is 9.98. The summed E-state index contributed by atoms with van der Waals surface area (Å²) in [6.45, 7) is 15.1. The van der Waals surface area contributed by atoms with E-state index in [1.54, 1.807) is 0 Å². The van der Waals surface area contributed by atoms with E-state index in [2.05, 4.69) is 55.9 Å². The van der Waals surface area contributed by atoms with Gasteiger partial charge in [0.1, 0.15) is 5.60 Å². The molecule has 1 unspecified atom stereocenters. The molecule has 0 aromatic heterocycles. The van der Waals surface area contributed by atoms with Crippen LogP contribution in [0.5, 0.6) is 0 Å². The lowest BCUT2D eigenvalue weighted by molar-refractivity contribution is -0.0559. The van der Waals surface area contributed by atoms with Crippen molar-refractivity contribution in [1.29, 1.82) is 0 Å². The van der Waals surface area contributed by atoms with Crippen molar-refractivity contribution in [3.8, 4) is 0 Å². The van der Waals surface area contributed by atoms with Crippen LogP contribution in [-0.2, 0) is 4.84 Å². The zero-order valence-electron chi connectivity index (χ0n) is 16.1. The van der Waals surface area contributed by atoms with Gasteiger partial charge in [-0.25, -0.2) is 5.48 Å². The molecule has 1 atom stereocenters. The third kappa shape index (κ3) is 5.94. The van der Waals surface area contributed by atoms with E-state index in [-0.39, 0.29) is 5.60 Å². The van der Waals surface area contributed by atoms with Crippen LogP contribution in [-0.4, -0.2) is 42.2 Å². The highest BCUT2D eigenvalue weighted by Gasteiger charge is 2.33. The molecule has 25 heavy (non-hydrogen) atoms. The summed E-state index contributed by atoms with van der Waals surface area (Å²) >= 11 is 0. The highest BCUT2D eigenvalue weighted by Crippen LogP contribution is 2.22. The Morgan fingerprint density at radius 1 is 1.56 bits per heavy atom. The molecular formula is C20H32N4O. The second-order valence-corrected chi connectivity index (χ2v) is 7.17. The largest absolute Gasteiger partial charge is 0.294 e. The summed E-state index contributed by atoms with van der Waals surface area (Å²) in [4.78, 5) is 10.3. The second kappa shape index (κ2) is 9.11. The number of aliphatic imine (C=N–C) groups is 1. The van der Waals surface area contributed by atoms with Crippen molar-refractivity contribution in [1.82, 2.24) is 10.5 Å². The van der Waals surface area contributed by atoms with Crippen LogP contribution >= 0.6 is 0 Å². The zero-order chi connectivity index (χ0) is 18.3. The number of hydrazone groups is 1. The number of nitrogens with one attached hydrogen (secondary N) is 1. The highest BCUT2D eigenvalue weighted by atomic mass is 16.7. The van der Waals surface area contributed by atoms with Crippen LogP contribution in [0.4, 0.5) is 0 Å². The summed E-state index contributed by atoms with van der Waals surface area (Å²) in [5, 5.41) is 6.50. The van der Waals surface area contributed by atoms with Crippen molar-refractivity contribution in [2.45, 2.75) is 59.0 Å². The minimum absolute atomic E-state index is 0.169. The molecule has 0 spiro atoms. The SMILES string of the molecule is C=C(C/C(=C\N=C1\C=NN(CC2(C)CCNO2)C1)CCC)/C(C)=C\C. The van der Waals surface area contributed by atoms with Crippen LogP contribution in [0.2, 0.25) is 0 Å².